The molecule has 1 aliphatic carbocycles. The van der Waals surface area contributed by atoms with Crippen molar-refractivity contribution in [2.75, 3.05) is 13.2 Å². The maximum Gasteiger partial charge on any atom is 0.171 e. The average Bonchev–Trinajstić information content (AvgIpc) is 2.79. The monoisotopic (exact) mass is 248 g/mol. The van der Waals surface area contributed by atoms with Crippen LogP contribution in [0.4, 0.5) is 0 Å². The van der Waals surface area contributed by atoms with E-state index in [4.69, 9.17) is 9.47 Å². The van der Waals surface area contributed by atoms with Gasteiger partial charge in [0.15, 0.2) is 5.79 Å². The lowest BCUT2D eigenvalue weighted by Gasteiger charge is -2.39. The molecule has 0 unspecified atom stereocenters. The first-order chi connectivity index (χ1) is 8.69. The molecule has 0 bridgehead atoms. The van der Waals surface area contributed by atoms with Gasteiger partial charge in [0, 0.05) is 18.8 Å². The Bertz CT molecular complexity index is 406. The number of rotatable bonds is 1. The summed E-state index contributed by atoms with van der Waals surface area (Å²) in [7, 11) is 0. The van der Waals surface area contributed by atoms with Crippen LogP contribution in [0.5, 0.6) is 0 Å². The zero-order valence-corrected chi connectivity index (χ0v) is 10.8. The van der Waals surface area contributed by atoms with Crippen LogP contribution in [0.15, 0.2) is 24.3 Å². The van der Waals surface area contributed by atoms with Crippen LogP contribution < -0.4 is 0 Å². The molecule has 2 aliphatic rings. The van der Waals surface area contributed by atoms with E-state index >= 15 is 0 Å². The van der Waals surface area contributed by atoms with Crippen molar-refractivity contribution in [1.82, 2.24) is 0 Å². The van der Waals surface area contributed by atoms with Crippen LogP contribution in [-0.2, 0) is 9.47 Å². The van der Waals surface area contributed by atoms with Gasteiger partial charge >= 0.3 is 0 Å². The minimum absolute atomic E-state index is 0.212. The van der Waals surface area contributed by atoms with Crippen molar-refractivity contribution >= 4 is 0 Å². The van der Waals surface area contributed by atoms with Crippen molar-refractivity contribution in [2.24, 2.45) is 0 Å². The summed E-state index contributed by atoms with van der Waals surface area (Å²) < 4.78 is 11.3. The van der Waals surface area contributed by atoms with Gasteiger partial charge in [-0.15, -0.1) is 0 Å². The third kappa shape index (κ3) is 2.18. The lowest BCUT2D eigenvalue weighted by Crippen LogP contribution is -2.42. The fourth-order valence-electron chi connectivity index (χ4n) is 3.09. The SMILES string of the molecule is Cc1ccc([C@@H]2CCC3(C[C@@H]2O)OCCO3)cc1. The molecule has 2 atom stereocenters. The Morgan fingerprint density at radius 1 is 1.17 bits per heavy atom. The van der Waals surface area contributed by atoms with Gasteiger partial charge in [0.1, 0.15) is 0 Å². The zero-order valence-electron chi connectivity index (χ0n) is 10.8. The second-order valence-electron chi connectivity index (χ2n) is 5.43. The van der Waals surface area contributed by atoms with Crippen LogP contribution in [0.3, 0.4) is 0 Å². The molecule has 1 spiro atoms. The predicted octanol–water partition coefficient (Wildman–Crippen LogP) is 2.37. The standard InChI is InChI=1S/C15H20O3/c1-11-2-4-12(5-3-11)13-6-7-15(10-14(13)16)17-8-9-18-15/h2-5,13-14,16H,6-10H2,1H3/t13-,14-/m0/s1. The molecule has 3 heteroatoms. The van der Waals surface area contributed by atoms with E-state index in [0.29, 0.717) is 19.6 Å². The van der Waals surface area contributed by atoms with Crippen LogP contribution in [0, 0.1) is 6.92 Å². The normalized spacial score (nSPS) is 30.8. The third-order valence-corrected chi connectivity index (χ3v) is 4.14. The Kier molecular flexibility index (Phi) is 3.14. The zero-order chi connectivity index (χ0) is 12.6. The highest BCUT2D eigenvalue weighted by Gasteiger charge is 2.44. The Morgan fingerprint density at radius 3 is 2.44 bits per heavy atom. The van der Waals surface area contributed by atoms with Gasteiger partial charge in [-0.25, -0.2) is 0 Å². The van der Waals surface area contributed by atoms with Gasteiger partial charge in [-0.1, -0.05) is 29.8 Å². The molecule has 0 radical (unpaired) electrons. The second kappa shape index (κ2) is 4.65. The fourth-order valence-corrected chi connectivity index (χ4v) is 3.09. The first-order valence-corrected chi connectivity index (χ1v) is 6.71. The van der Waals surface area contributed by atoms with Crippen molar-refractivity contribution in [1.29, 1.82) is 0 Å². The van der Waals surface area contributed by atoms with E-state index in [1.54, 1.807) is 0 Å². The number of hydrogen-bond donors (Lipinski definition) is 1. The Labute approximate surface area is 108 Å². The van der Waals surface area contributed by atoms with Gasteiger partial charge in [-0.3, -0.25) is 0 Å². The van der Waals surface area contributed by atoms with E-state index in [-0.39, 0.29) is 12.0 Å². The topological polar surface area (TPSA) is 38.7 Å². The number of ether oxygens (including phenoxy) is 2. The summed E-state index contributed by atoms with van der Waals surface area (Å²) in [6.07, 6.45) is 2.01. The van der Waals surface area contributed by atoms with Crippen LogP contribution in [0.2, 0.25) is 0 Å². The molecular weight excluding hydrogens is 228 g/mol. The van der Waals surface area contributed by atoms with Crippen molar-refractivity contribution in [2.45, 2.75) is 44.0 Å². The van der Waals surface area contributed by atoms with E-state index in [1.165, 1.54) is 11.1 Å². The van der Waals surface area contributed by atoms with Crippen molar-refractivity contribution < 1.29 is 14.6 Å². The summed E-state index contributed by atoms with van der Waals surface area (Å²) in [5.41, 5.74) is 2.48. The number of hydrogen-bond acceptors (Lipinski definition) is 3. The largest absolute Gasteiger partial charge is 0.392 e. The van der Waals surface area contributed by atoms with E-state index in [9.17, 15) is 5.11 Å². The highest BCUT2D eigenvalue weighted by molar-refractivity contribution is 5.26. The molecule has 98 valence electrons. The Morgan fingerprint density at radius 2 is 1.83 bits per heavy atom. The summed E-state index contributed by atoms with van der Waals surface area (Å²) >= 11 is 0. The number of aliphatic hydroxyl groups is 1. The molecule has 1 saturated heterocycles. The molecule has 18 heavy (non-hydrogen) atoms. The first kappa shape index (κ1) is 12.2. The summed E-state index contributed by atoms with van der Waals surface area (Å²) in [6, 6.07) is 8.46. The third-order valence-electron chi connectivity index (χ3n) is 4.14. The van der Waals surface area contributed by atoms with Crippen LogP contribution in [0.1, 0.15) is 36.3 Å². The smallest absolute Gasteiger partial charge is 0.171 e. The summed E-state index contributed by atoms with van der Waals surface area (Å²) in [6.45, 7) is 3.39. The highest BCUT2D eigenvalue weighted by atomic mass is 16.7. The maximum absolute atomic E-state index is 10.4. The molecule has 1 N–H and O–H groups in total. The number of benzene rings is 1. The molecule has 1 saturated carbocycles. The maximum atomic E-state index is 10.4. The molecule has 1 aromatic rings. The fraction of sp³-hybridized carbons (Fsp3) is 0.600. The van der Waals surface area contributed by atoms with Gasteiger partial charge in [-0.2, -0.15) is 0 Å². The molecular formula is C15H20O3. The molecule has 1 heterocycles. The number of aliphatic hydroxyl groups excluding tert-OH is 1. The molecule has 0 aromatic heterocycles. The number of aryl methyl sites for hydroxylation is 1. The van der Waals surface area contributed by atoms with E-state index < -0.39 is 5.79 Å². The molecule has 3 nitrogen and oxygen atoms in total. The van der Waals surface area contributed by atoms with Crippen LogP contribution >= 0.6 is 0 Å². The molecule has 1 aliphatic heterocycles. The lowest BCUT2D eigenvalue weighted by molar-refractivity contribution is -0.199. The van der Waals surface area contributed by atoms with E-state index in [2.05, 4.69) is 31.2 Å². The minimum Gasteiger partial charge on any atom is -0.392 e. The Hall–Kier alpha value is -0.900. The Balaban J connectivity index is 1.74. The second-order valence-corrected chi connectivity index (χ2v) is 5.43. The summed E-state index contributed by atoms with van der Waals surface area (Å²) in [5.74, 6) is -0.287. The van der Waals surface area contributed by atoms with Crippen LogP contribution in [-0.4, -0.2) is 30.2 Å². The minimum atomic E-state index is -0.499. The quantitative estimate of drug-likeness (QED) is 0.829. The highest BCUT2D eigenvalue weighted by Crippen LogP contribution is 2.42. The van der Waals surface area contributed by atoms with Crippen molar-refractivity contribution in [3.8, 4) is 0 Å². The average molecular weight is 248 g/mol. The van der Waals surface area contributed by atoms with Crippen LogP contribution in [0.25, 0.3) is 0 Å². The van der Waals surface area contributed by atoms with Gasteiger partial charge in [0.05, 0.1) is 19.3 Å². The van der Waals surface area contributed by atoms with Gasteiger partial charge in [-0.05, 0) is 18.9 Å². The predicted molar refractivity (Wildman–Crippen MR) is 68.4 cm³/mol. The van der Waals surface area contributed by atoms with Gasteiger partial charge in [0.25, 0.3) is 0 Å². The molecule has 0 amide bonds. The van der Waals surface area contributed by atoms with E-state index in [1.807, 2.05) is 0 Å². The summed E-state index contributed by atoms with van der Waals surface area (Å²) in [4.78, 5) is 0. The van der Waals surface area contributed by atoms with Crippen molar-refractivity contribution in [3.63, 3.8) is 0 Å². The molecule has 1 aromatic carbocycles. The van der Waals surface area contributed by atoms with E-state index in [0.717, 1.165) is 12.8 Å². The van der Waals surface area contributed by atoms with Crippen molar-refractivity contribution in [3.05, 3.63) is 35.4 Å². The van der Waals surface area contributed by atoms with Gasteiger partial charge < -0.3 is 14.6 Å². The van der Waals surface area contributed by atoms with Gasteiger partial charge in [0.2, 0.25) is 0 Å². The lowest BCUT2D eigenvalue weighted by atomic mass is 9.78. The molecule has 3 rings (SSSR count). The summed E-state index contributed by atoms with van der Waals surface area (Å²) in [5, 5.41) is 10.4. The first-order valence-electron chi connectivity index (χ1n) is 6.71. The molecule has 2 fully saturated rings.